The lowest BCUT2D eigenvalue weighted by molar-refractivity contribution is 0.0950. The van der Waals surface area contributed by atoms with Gasteiger partial charge in [-0.2, -0.15) is 10.2 Å². The molecule has 0 aliphatic heterocycles. The predicted molar refractivity (Wildman–Crippen MR) is 83.8 cm³/mol. The molecule has 21 heavy (non-hydrogen) atoms. The van der Waals surface area contributed by atoms with Crippen LogP contribution in [0.15, 0.2) is 35.4 Å². The van der Waals surface area contributed by atoms with Crippen molar-refractivity contribution in [3.05, 3.63) is 52.3 Å². The number of nitrogens with one attached hydrogen (secondary N) is 2. The van der Waals surface area contributed by atoms with Crippen LogP contribution in [-0.4, -0.2) is 22.3 Å². The number of hydrazone groups is 1. The van der Waals surface area contributed by atoms with Gasteiger partial charge >= 0.3 is 0 Å². The maximum absolute atomic E-state index is 11.9. The molecular formula is C15H17ClN4O. The second-order valence-electron chi connectivity index (χ2n) is 5.67. The highest BCUT2D eigenvalue weighted by molar-refractivity contribution is 6.30. The molecular weight excluding hydrogens is 288 g/mol. The maximum atomic E-state index is 11.9. The predicted octanol–water partition coefficient (Wildman–Crippen LogP) is 3.12. The fraction of sp³-hybridized carbons (Fsp3) is 0.267. The van der Waals surface area contributed by atoms with Crippen molar-refractivity contribution in [2.24, 2.45) is 5.10 Å². The molecule has 110 valence electrons. The van der Waals surface area contributed by atoms with E-state index in [1.165, 1.54) is 0 Å². The second kappa shape index (κ2) is 6.10. The minimum absolute atomic E-state index is 0.0852. The van der Waals surface area contributed by atoms with Crippen LogP contribution in [0.4, 0.5) is 0 Å². The molecule has 0 atom stereocenters. The van der Waals surface area contributed by atoms with E-state index < -0.39 is 0 Å². The van der Waals surface area contributed by atoms with Crippen molar-refractivity contribution >= 4 is 23.7 Å². The van der Waals surface area contributed by atoms with Gasteiger partial charge in [-0.15, -0.1) is 0 Å². The normalized spacial score (nSPS) is 11.8. The van der Waals surface area contributed by atoms with Gasteiger partial charge in [0.05, 0.1) is 6.21 Å². The Kier molecular flexibility index (Phi) is 4.43. The number of hydrogen-bond donors (Lipinski definition) is 2. The zero-order valence-electron chi connectivity index (χ0n) is 12.1. The Bertz CT molecular complexity index is 653. The van der Waals surface area contributed by atoms with E-state index in [9.17, 15) is 4.79 Å². The fourth-order valence-corrected chi connectivity index (χ4v) is 1.72. The molecule has 6 heteroatoms. The number of amides is 1. The van der Waals surface area contributed by atoms with Gasteiger partial charge in [0.25, 0.3) is 5.91 Å². The van der Waals surface area contributed by atoms with Crippen molar-refractivity contribution in [2.75, 3.05) is 0 Å². The topological polar surface area (TPSA) is 70.1 Å². The molecule has 0 saturated heterocycles. The molecule has 0 radical (unpaired) electrons. The van der Waals surface area contributed by atoms with Gasteiger partial charge < -0.3 is 0 Å². The van der Waals surface area contributed by atoms with E-state index >= 15 is 0 Å². The number of halogens is 1. The van der Waals surface area contributed by atoms with E-state index in [1.807, 2.05) is 32.9 Å². The molecule has 0 fully saturated rings. The smallest absolute Gasteiger partial charge is 0.281 e. The SMILES string of the molecule is CC(C)(C)c1cc(C(=O)N/N=C/c2ccc(Cl)cc2)n[nH]1. The zero-order valence-corrected chi connectivity index (χ0v) is 12.9. The Morgan fingerprint density at radius 2 is 2.00 bits per heavy atom. The van der Waals surface area contributed by atoms with Crippen LogP contribution < -0.4 is 5.43 Å². The number of H-pyrrole nitrogens is 1. The first-order chi connectivity index (χ1) is 9.86. The van der Waals surface area contributed by atoms with Crippen molar-refractivity contribution in [1.29, 1.82) is 0 Å². The van der Waals surface area contributed by atoms with Crippen molar-refractivity contribution in [1.82, 2.24) is 15.6 Å². The zero-order chi connectivity index (χ0) is 15.5. The molecule has 1 heterocycles. The standard InChI is InChI=1S/C15H17ClN4O/c1-15(2,3)13-8-12(18-19-13)14(21)20-17-9-10-4-6-11(16)7-5-10/h4-9H,1-3H3,(H,18,19)(H,20,21)/b17-9+. The highest BCUT2D eigenvalue weighted by atomic mass is 35.5. The number of aromatic amines is 1. The molecule has 0 aliphatic rings. The van der Waals surface area contributed by atoms with Crippen molar-refractivity contribution < 1.29 is 4.79 Å². The minimum atomic E-state index is -0.355. The fourth-order valence-electron chi connectivity index (χ4n) is 1.59. The molecule has 0 saturated carbocycles. The summed E-state index contributed by atoms with van der Waals surface area (Å²) >= 11 is 5.79. The molecule has 0 bridgehead atoms. The lowest BCUT2D eigenvalue weighted by Gasteiger charge is -2.14. The summed E-state index contributed by atoms with van der Waals surface area (Å²) in [6.07, 6.45) is 1.55. The monoisotopic (exact) mass is 304 g/mol. The summed E-state index contributed by atoms with van der Waals surface area (Å²) in [6.45, 7) is 6.13. The van der Waals surface area contributed by atoms with Crippen molar-refractivity contribution in [2.45, 2.75) is 26.2 Å². The third-order valence-electron chi connectivity index (χ3n) is 2.87. The van der Waals surface area contributed by atoms with Crippen LogP contribution >= 0.6 is 11.6 Å². The Balaban J connectivity index is 1.98. The van der Waals surface area contributed by atoms with Crippen LogP contribution in [0, 0.1) is 0 Å². The molecule has 0 unspecified atom stereocenters. The molecule has 2 rings (SSSR count). The quantitative estimate of drug-likeness (QED) is 0.675. The number of carbonyl (C=O) groups is 1. The molecule has 1 aromatic heterocycles. The average Bonchev–Trinajstić information content (AvgIpc) is 2.90. The van der Waals surface area contributed by atoms with Gasteiger partial charge in [0, 0.05) is 16.1 Å². The largest absolute Gasteiger partial charge is 0.291 e. The summed E-state index contributed by atoms with van der Waals surface area (Å²) in [4.78, 5) is 11.9. The van der Waals surface area contributed by atoms with Gasteiger partial charge in [0.1, 0.15) is 0 Å². The summed E-state index contributed by atoms with van der Waals surface area (Å²) in [5.74, 6) is -0.355. The number of aromatic nitrogens is 2. The highest BCUT2D eigenvalue weighted by Gasteiger charge is 2.18. The van der Waals surface area contributed by atoms with Gasteiger partial charge in [0.15, 0.2) is 5.69 Å². The van der Waals surface area contributed by atoms with Crippen LogP contribution in [0.25, 0.3) is 0 Å². The number of benzene rings is 1. The molecule has 0 spiro atoms. The van der Waals surface area contributed by atoms with Crippen molar-refractivity contribution in [3.63, 3.8) is 0 Å². The second-order valence-corrected chi connectivity index (χ2v) is 6.10. The summed E-state index contributed by atoms with van der Waals surface area (Å²) in [5.41, 5.74) is 4.41. The molecule has 0 aliphatic carbocycles. The summed E-state index contributed by atoms with van der Waals surface area (Å²) in [6, 6.07) is 8.86. The van der Waals surface area contributed by atoms with Crippen LogP contribution in [0.5, 0.6) is 0 Å². The van der Waals surface area contributed by atoms with E-state index in [0.29, 0.717) is 10.7 Å². The maximum Gasteiger partial charge on any atom is 0.291 e. The van der Waals surface area contributed by atoms with Gasteiger partial charge in [-0.25, -0.2) is 5.43 Å². The molecule has 2 aromatic rings. The first-order valence-corrected chi connectivity index (χ1v) is 6.89. The van der Waals surface area contributed by atoms with E-state index in [2.05, 4.69) is 20.7 Å². The summed E-state index contributed by atoms with van der Waals surface area (Å²) in [7, 11) is 0. The van der Waals surface area contributed by atoms with E-state index in [1.54, 1.807) is 24.4 Å². The van der Waals surface area contributed by atoms with Gasteiger partial charge in [-0.3, -0.25) is 9.89 Å². The lowest BCUT2D eigenvalue weighted by Crippen LogP contribution is -2.18. The van der Waals surface area contributed by atoms with Gasteiger partial charge in [-0.05, 0) is 23.8 Å². The van der Waals surface area contributed by atoms with Crippen LogP contribution in [-0.2, 0) is 5.41 Å². The number of rotatable bonds is 3. The summed E-state index contributed by atoms with van der Waals surface area (Å²) < 4.78 is 0. The van der Waals surface area contributed by atoms with Gasteiger partial charge in [-0.1, -0.05) is 44.5 Å². The summed E-state index contributed by atoms with van der Waals surface area (Å²) in [5, 5.41) is 11.4. The number of carbonyl (C=O) groups excluding carboxylic acids is 1. The van der Waals surface area contributed by atoms with Crippen molar-refractivity contribution in [3.8, 4) is 0 Å². The lowest BCUT2D eigenvalue weighted by atomic mass is 9.92. The van der Waals surface area contributed by atoms with Crippen LogP contribution in [0.1, 0.15) is 42.5 Å². The Morgan fingerprint density at radius 3 is 2.57 bits per heavy atom. The Morgan fingerprint density at radius 1 is 1.33 bits per heavy atom. The third-order valence-corrected chi connectivity index (χ3v) is 3.12. The number of hydrogen-bond acceptors (Lipinski definition) is 3. The number of nitrogens with zero attached hydrogens (tertiary/aromatic N) is 2. The molecule has 1 aromatic carbocycles. The molecule has 1 amide bonds. The highest BCUT2D eigenvalue weighted by Crippen LogP contribution is 2.20. The Hall–Kier alpha value is -2.14. The first-order valence-electron chi connectivity index (χ1n) is 6.51. The van der Waals surface area contributed by atoms with E-state index in [4.69, 9.17) is 11.6 Å². The molecule has 2 N–H and O–H groups in total. The average molecular weight is 305 g/mol. The third kappa shape index (κ3) is 4.16. The Labute approximate surface area is 128 Å². The minimum Gasteiger partial charge on any atom is -0.281 e. The van der Waals surface area contributed by atoms with Crippen LogP contribution in [0.2, 0.25) is 5.02 Å². The van der Waals surface area contributed by atoms with E-state index in [0.717, 1.165) is 11.3 Å². The molecule has 5 nitrogen and oxygen atoms in total. The van der Waals surface area contributed by atoms with E-state index in [-0.39, 0.29) is 11.3 Å². The van der Waals surface area contributed by atoms with Crippen LogP contribution in [0.3, 0.4) is 0 Å². The first kappa shape index (κ1) is 15.3. The van der Waals surface area contributed by atoms with Gasteiger partial charge in [0.2, 0.25) is 0 Å².